The maximum absolute atomic E-state index is 13.3. The molecule has 0 bridgehead atoms. The number of alkyl halides is 6. The molecule has 1 aromatic rings. The van der Waals surface area contributed by atoms with Crippen LogP contribution in [-0.2, 0) is 5.41 Å². The molecule has 0 amide bonds. The second-order valence-corrected chi connectivity index (χ2v) is 4.80. The number of halogens is 6. The molecule has 0 aliphatic heterocycles. The molecule has 0 saturated heterocycles. The Hall–Kier alpha value is -1.84. The van der Waals surface area contributed by atoms with Crippen molar-refractivity contribution >= 4 is 5.69 Å². The van der Waals surface area contributed by atoms with Crippen LogP contribution in [-0.4, -0.2) is 12.4 Å². The van der Waals surface area contributed by atoms with Gasteiger partial charge in [-0.1, -0.05) is 19.1 Å². The molecule has 0 unspecified atom stereocenters. The molecule has 0 saturated carbocycles. The minimum atomic E-state index is -5.53. The molecule has 1 aromatic carbocycles. The molecule has 0 fully saturated rings. The zero-order valence-corrected chi connectivity index (χ0v) is 11.8. The monoisotopic (exact) mass is 323 g/mol. The van der Waals surface area contributed by atoms with Gasteiger partial charge in [-0.15, -0.1) is 11.8 Å². The van der Waals surface area contributed by atoms with Gasteiger partial charge in [0.15, 0.2) is 5.41 Å². The Morgan fingerprint density at radius 2 is 1.41 bits per heavy atom. The first-order chi connectivity index (χ1) is 10.1. The van der Waals surface area contributed by atoms with E-state index < -0.39 is 29.8 Å². The number of rotatable bonds is 3. The third kappa shape index (κ3) is 3.49. The molecule has 122 valence electrons. The lowest BCUT2D eigenvalue weighted by molar-refractivity contribution is -0.301. The van der Waals surface area contributed by atoms with E-state index in [9.17, 15) is 26.3 Å². The van der Waals surface area contributed by atoms with Crippen LogP contribution in [0.25, 0.3) is 0 Å². The molecule has 0 atom stereocenters. The Kier molecular flexibility index (Phi) is 5.39. The summed E-state index contributed by atoms with van der Waals surface area (Å²) in [5.74, 6) is 4.37. The van der Waals surface area contributed by atoms with Crippen LogP contribution in [0, 0.1) is 11.8 Å². The van der Waals surface area contributed by atoms with Gasteiger partial charge in [0.25, 0.3) is 0 Å². The normalized spacial score (nSPS) is 12.7. The first-order valence-electron chi connectivity index (χ1n) is 6.51. The van der Waals surface area contributed by atoms with E-state index in [-0.39, 0.29) is 12.1 Å². The van der Waals surface area contributed by atoms with Gasteiger partial charge in [0.1, 0.15) is 0 Å². The molecule has 0 heterocycles. The molecule has 0 radical (unpaired) electrons. The number of hydrogen-bond donors (Lipinski definition) is 1. The van der Waals surface area contributed by atoms with Gasteiger partial charge in [-0.25, -0.2) is 0 Å². The van der Waals surface area contributed by atoms with Crippen LogP contribution in [0.15, 0.2) is 24.3 Å². The number of hydrogen-bond acceptors (Lipinski definition) is 1. The smallest absolute Gasteiger partial charge is 0.399 e. The second-order valence-electron chi connectivity index (χ2n) is 4.80. The molecule has 7 heteroatoms. The summed E-state index contributed by atoms with van der Waals surface area (Å²) in [4.78, 5) is 0. The summed E-state index contributed by atoms with van der Waals surface area (Å²) in [6.45, 7) is 1.73. The van der Waals surface area contributed by atoms with Crippen LogP contribution in [0.2, 0.25) is 0 Å². The zero-order valence-electron chi connectivity index (χ0n) is 11.8. The van der Waals surface area contributed by atoms with Crippen LogP contribution in [0.3, 0.4) is 0 Å². The first kappa shape index (κ1) is 18.2. The van der Waals surface area contributed by atoms with Crippen LogP contribution < -0.4 is 5.73 Å². The summed E-state index contributed by atoms with van der Waals surface area (Å²) < 4.78 is 80.1. The van der Waals surface area contributed by atoms with Crippen LogP contribution in [0.4, 0.5) is 32.0 Å². The van der Waals surface area contributed by atoms with Crippen LogP contribution >= 0.6 is 0 Å². The van der Waals surface area contributed by atoms with Crippen molar-refractivity contribution in [2.45, 2.75) is 44.0 Å². The number of nitrogen functional groups attached to an aromatic ring is 1. The lowest BCUT2D eigenvalue weighted by Crippen LogP contribution is -2.53. The quantitative estimate of drug-likeness (QED) is 0.481. The largest absolute Gasteiger partial charge is 0.408 e. The molecule has 22 heavy (non-hydrogen) atoms. The van der Waals surface area contributed by atoms with Crippen molar-refractivity contribution < 1.29 is 26.3 Å². The van der Waals surface area contributed by atoms with E-state index >= 15 is 0 Å². The van der Waals surface area contributed by atoms with Gasteiger partial charge in [0.2, 0.25) is 0 Å². The lowest BCUT2D eigenvalue weighted by atomic mass is 9.76. The van der Waals surface area contributed by atoms with E-state index in [4.69, 9.17) is 5.73 Å². The molecular formula is C15H15F6N. The summed E-state index contributed by atoms with van der Waals surface area (Å²) in [6.07, 6.45) is -11.6. The van der Waals surface area contributed by atoms with Gasteiger partial charge < -0.3 is 5.73 Å². The molecule has 2 N–H and O–H groups in total. The second kappa shape index (κ2) is 6.51. The number of benzene rings is 1. The highest BCUT2D eigenvalue weighted by Crippen LogP contribution is 2.54. The standard InChI is InChI=1S/C15H15F6N/c1-2-3-4-5-10-13(14(16,17)18,15(19,20)21)11-6-8-12(22)9-7-11/h6-9H,2-3,10,22H2,1H3. The summed E-state index contributed by atoms with van der Waals surface area (Å²) >= 11 is 0. The van der Waals surface area contributed by atoms with Gasteiger partial charge in [-0.3, -0.25) is 0 Å². The Balaban J connectivity index is 3.47. The highest BCUT2D eigenvalue weighted by molar-refractivity contribution is 5.43. The molecule has 1 rings (SSSR count). The van der Waals surface area contributed by atoms with Crippen molar-refractivity contribution in [2.24, 2.45) is 0 Å². The van der Waals surface area contributed by atoms with Gasteiger partial charge in [-0.05, 0) is 24.1 Å². The average Bonchev–Trinajstić information content (AvgIpc) is 2.37. The third-order valence-corrected chi connectivity index (χ3v) is 3.22. The molecule has 0 aliphatic carbocycles. The Morgan fingerprint density at radius 3 is 1.82 bits per heavy atom. The van der Waals surface area contributed by atoms with Crippen molar-refractivity contribution in [1.29, 1.82) is 0 Å². The Morgan fingerprint density at radius 1 is 0.909 bits per heavy atom. The first-order valence-corrected chi connectivity index (χ1v) is 6.51. The van der Waals surface area contributed by atoms with Crippen molar-refractivity contribution in [2.75, 3.05) is 5.73 Å². The molecular weight excluding hydrogens is 308 g/mol. The summed E-state index contributed by atoms with van der Waals surface area (Å²) in [5.41, 5.74) is 0.491. The van der Waals surface area contributed by atoms with Crippen LogP contribution in [0.5, 0.6) is 0 Å². The third-order valence-electron chi connectivity index (χ3n) is 3.22. The summed E-state index contributed by atoms with van der Waals surface area (Å²) in [7, 11) is 0. The summed E-state index contributed by atoms with van der Waals surface area (Å²) in [6, 6.07) is 3.53. The fourth-order valence-electron chi connectivity index (χ4n) is 1.97. The molecule has 1 nitrogen and oxygen atoms in total. The van der Waals surface area contributed by atoms with E-state index in [0.717, 1.165) is 24.3 Å². The molecule has 0 aliphatic rings. The van der Waals surface area contributed by atoms with Crippen molar-refractivity contribution in [3.63, 3.8) is 0 Å². The minimum Gasteiger partial charge on any atom is -0.399 e. The number of unbranched alkanes of at least 4 members (excludes halogenated alkanes) is 1. The molecule has 0 aromatic heterocycles. The van der Waals surface area contributed by atoms with E-state index in [1.54, 1.807) is 6.92 Å². The zero-order chi connectivity index (χ0) is 17.0. The highest BCUT2D eigenvalue weighted by atomic mass is 19.4. The summed E-state index contributed by atoms with van der Waals surface area (Å²) in [5, 5.41) is 0. The highest BCUT2D eigenvalue weighted by Gasteiger charge is 2.71. The maximum atomic E-state index is 13.3. The van der Waals surface area contributed by atoms with Gasteiger partial charge in [-0.2, -0.15) is 26.3 Å². The van der Waals surface area contributed by atoms with Gasteiger partial charge >= 0.3 is 12.4 Å². The van der Waals surface area contributed by atoms with Crippen molar-refractivity contribution in [3.05, 3.63) is 29.8 Å². The average molecular weight is 323 g/mol. The van der Waals surface area contributed by atoms with E-state index in [2.05, 4.69) is 5.92 Å². The lowest BCUT2D eigenvalue weighted by Gasteiger charge is -2.36. The van der Waals surface area contributed by atoms with E-state index in [1.165, 1.54) is 0 Å². The van der Waals surface area contributed by atoms with E-state index in [0.29, 0.717) is 6.42 Å². The fraction of sp³-hybridized carbons (Fsp3) is 0.467. The molecule has 0 spiro atoms. The SMILES string of the molecule is CCCC#CCC(c1ccc(N)cc1)(C(F)(F)F)C(F)(F)F. The Labute approximate surface area is 124 Å². The number of anilines is 1. The van der Waals surface area contributed by atoms with Gasteiger partial charge in [0.05, 0.1) is 0 Å². The maximum Gasteiger partial charge on any atom is 0.408 e. The predicted molar refractivity (Wildman–Crippen MR) is 71.9 cm³/mol. The van der Waals surface area contributed by atoms with Crippen molar-refractivity contribution in [1.82, 2.24) is 0 Å². The fourth-order valence-corrected chi connectivity index (χ4v) is 1.97. The van der Waals surface area contributed by atoms with Crippen LogP contribution in [0.1, 0.15) is 31.7 Å². The predicted octanol–water partition coefficient (Wildman–Crippen LogP) is 4.82. The Bertz CT molecular complexity index is 531. The number of nitrogens with two attached hydrogens (primary N) is 1. The van der Waals surface area contributed by atoms with Crippen molar-refractivity contribution in [3.8, 4) is 11.8 Å². The minimum absolute atomic E-state index is 0.0825. The van der Waals surface area contributed by atoms with Gasteiger partial charge in [0, 0.05) is 18.5 Å². The topological polar surface area (TPSA) is 26.0 Å². The van der Waals surface area contributed by atoms with E-state index in [1.807, 2.05) is 5.92 Å².